The third-order valence-corrected chi connectivity index (χ3v) is 8.91. The lowest BCUT2D eigenvalue weighted by atomic mass is 10.2. The van der Waals surface area contributed by atoms with Crippen LogP contribution in [-0.2, 0) is 18.7 Å². The van der Waals surface area contributed by atoms with Crippen molar-refractivity contribution in [3.63, 3.8) is 0 Å². The van der Waals surface area contributed by atoms with Crippen molar-refractivity contribution in [2.24, 2.45) is 10.2 Å². The van der Waals surface area contributed by atoms with Crippen LogP contribution in [0.3, 0.4) is 0 Å². The van der Waals surface area contributed by atoms with Crippen molar-refractivity contribution in [2.75, 3.05) is 18.0 Å². The van der Waals surface area contributed by atoms with E-state index in [1.807, 2.05) is 24.3 Å². The Morgan fingerprint density at radius 1 is 0.875 bits per heavy atom. The molecule has 0 bridgehead atoms. The molecule has 3 aromatic rings. The monoisotopic (exact) mass is 612 g/mol. The van der Waals surface area contributed by atoms with Gasteiger partial charge in [-0.25, -0.2) is 4.98 Å². The molecule has 40 heavy (non-hydrogen) atoms. The number of anilines is 1. The maximum absolute atomic E-state index is 12.3. The molecule has 14 nitrogen and oxygen atoms in total. The summed E-state index contributed by atoms with van der Waals surface area (Å²) in [6, 6.07) is 14.4. The first kappa shape index (κ1) is 31.5. The van der Waals surface area contributed by atoms with Crippen molar-refractivity contribution in [3.05, 3.63) is 48.5 Å². The van der Waals surface area contributed by atoms with Gasteiger partial charge >= 0.3 is 15.2 Å². The lowest BCUT2D eigenvalue weighted by Gasteiger charge is -2.25. The molecule has 2 unspecified atom stereocenters. The summed E-state index contributed by atoms with van der Waals surface area (Å²) in [6.45, 7) is 2.58. The Labute approximate surface area is 233 Å². The van der Waals surface area contributed by atoms with E-state index in [9.17, 15) is 38.3 Å². The van der Waals surface area contributed by atoms with Gasteiger partial charge in [0, 0.05) is 31.6 Å². The van der Waals surface area contributed by atoms with Crippen LogP contribution in [0.4, 0.5) is 16.5 Å². The molecule has 0 saturated heterocycles. The minimum atomic E-state index is -4.50. The van der Waals surface area contributed by atoms with Crippen LogP contribution >= 0.6 is 26.5 Å². The van der Waals surface area contributed by atoms with E-state index in [1.54, 1.807) is 29.2 Å². The van der Waals surface area contributed by atoms with Crippen LogP contribution < -0.4 is 15.5 Å². The largest absolute Gasteiger partial charge is 0.370 e. The number of fused-ring (bicyclic) bond motifs is 1. The molecule has 6 N–H and O–H groups in total. The summed E-state index contributed by atoms with van der Waals surface area (Å²) < 4.78 is 23.7. The SMILES string of the molecule is CC(NC(=O)CCN(CCC(=O)NC(C)P(=O)(O)O)c1ccc(/N=N/c2nc3ccccc3s2)cc1)P(=O)(O)O. The molecule has 1 aromatic heterocycles. The molecule has 0 aliphatic heterocycles. The highest BCUT2D eigenvalue weighted by molar-refractivity contribution is 7.52. The number of carbonyl (C=O) groups is 2. The number of azo groups is 1. The van der Waals surface area contributed by atoms with Crippen molar-refractivity contribution in [1.29, 1.82) is 0 Å². The fourth-order valence-corrected chi connectivity index (χ4v) is 4.77. The number of benzene rings is 2. The lowest BCUT2D eigenvalue weighted by Crippen LogP contribution is -2.38. The molecule has 0 saturated carbocycles. The molecule has 216 valence electrons. The molecular formula is C23H30N6O8P2S. The van der Waals surface area contributed by atoms with E-state index in [-0.39, 0.29) is 25.9 Å². The Kier molecular flexibility index (Phi) is 10.7. The molecule has 2 amide bonds. The van der Waals surface area contributed by atoms with Crippen LogP contribution in [0.25, 0.3) is 10.2 Å². The molecule has 0 radical (unpaired) electrons. The highest BCUT2D eigenvalue weighted by Gasteiger charge is 2.27. The van der Waals surface area contributed by atoms with Gasteiger partial charge in [-0.05, 0) is 50.2 Å². The molecule has 1 heterocycles. The zero-order valence-electron chi connectivity index (χ0n) is 21.6. The number of thiazole rings is 1. The third-order valence-electron chi connectivity index (χ3n) is 5.71. The third kappa shape index (κ3) is 9.56. The second kappa shape index (κ2) is 13.6. The number of carbonyl (C=O) groups excluding carboxylic acids is 2. The van der Waals surface area contributed by atoms with Crippen molar-refractivity contribution >= 4 is 65.1 Å². The van der Waals surface area contributed by atoms with Gasteiger partial charge in [0.2, 0.25) is 16.9 Å². The normalized spacial score (nSPS) is 13.8. The number of para-hydroxylation sites is 1. The topological polar surface area (TPSA) is 214 Å². The summed E-state index contributed by atoms with van der Waals surface area (Å²) in [4.78, 5) is 67.5. The fourth-order valence-electron chi connectivity index (χ4n) is 3.35. The number of rotatable bonds is 13. The van der Waals surface area contributed by atoms with Gasteiger partial charge in [0.15, 0.2) is 0 Å². The summed E-state index contributed by atoms with van der Waals surface area (Å²) in [6.07, 6.45) is -0.270. The number of nitrogens with one attached hydrogen (secondary N) is 2. The van der Waals surface area contributed by atoms with Crippen LogP contribution in [0.2, 0.25) is 0 Å². The van der Waals surface area contributed by atoms with Crippen LogP contribution in [0, 0.1) is 0 Å². The number of nitrogens with zero attached hydrogens (tertiary/aromatic N) is 4. The summed E-state index contributed by atoms with van der Waals surface area (Å²) in [5, 5.41) is 13.4. The van der Waals surface area contributed by atoms with E-state index >= 15 is 0 Å². The molecule has 2 aromatic carbocycles. The first-order chi connectivity index (χ1) is 18.7. The van der Waals surface area contributed by atoms with Crippen LogP contribution in [-0.4, -0.2) is 61.0 Å². The van der Waals surface area contributed by atoms with Crippen molar-refractivity contribution in [2.45, 2.75) is 38.3 Å². The first-order valence-corrected chi connectivity index (χ1v) is 16.2. The van der Waals surface area contributed by atoms with E-state index < -0.39 is 38.6 Å². The van der Waals surface area contributed by atoms with Gasteiger partial charge in [0.05, 0.1) is 15.9 Å². The molecule has 0 aliphatic rings. The average molecular weight is 613 g/mol. The maximum atomic E-state index is 12.3. The van der Waals surface area contributed by atoms with E-state index in [0.29, 0.717) is 16.5 Å². The molecular weight excluding hydrogens is 582 g/mol. The van der Waals surface area contributed by atoms with Gasteiger partial charge < -0.3 is 35.1 Å². The smallest absolute Gasteiger partial charge is 0.347 e. The van der Waals surface area contributed by atoms with Crippen LogP contribution in [0.15, 0.2) is 58.8 Å². The van der Waals surface area contributed by atoms with E-state index in [0.717, 1.165) is 10.2 Å². The van der Waals surface area contributed by atoms with Crippen molar-refractivity contribution in [1.82, 2.24) is 15.6 Å². The zero-order chi connectivity index (χ0) is 29.5. The minimum absolute atomic E-state index is 0.0909. The number of hydrogen-bond acceptors (Lipinski definition) is 9. The summed E-state index contributed by atoms with van der Waals surface area (Å²) in [5.74, 6) is -3.90. The van der Waals surface area contributed by atoms with E-state index in [2.05, 4.69) is 25.8 Å². The number of hydrogen-bond donors (Lipinski definition) is 6. The second-order valence-corrected chi connectivity index (χ2v) is 13.7. The van der Waals surface area contributed by atoms with Gasteiger partial charge in [-0.15, -0.1) is 10.2 Å². The Balaban J connectivity index is 1.69. The Morgan fingerprint density at radius 2 is 1.40 bits per heavy atom. The molecule has 2 atom stereocenters. The predicted molar refractivity (Wildman–Crippen MR) is 151 cm³/mol. The van der Waals surface area contributed by atoms with Gasteiger partial charge in [-0.2, -0.15) is 0 Å². The zero-order valence-corrected chi connectivity index (χ0v) is 24.2. The molecule has 17 heteroatoms. The van der Waals surface area contributed by atoms with Gasteiger partial charge in [0.25, 0.3) is 0 Å². The first-order valence-electron chi connectivity index (χ1n) is 12.0. The fraction of sp³-hybridized carbons (Fsp3) is 0.348. The highest BCUT2D eigenvalue weighted by atomic mass is 32.1. The second-order valence-electron chi connectivity index (χ2n) is 8.83. The van der Waals surface area contributed by atoms with E-state index in [1.165, 1.54) is 25.2 Å². The van der Waals surface area contributed by atoms with Crippen LogP contribution in [0.5, 0.6) is 0 Å². The minimum Gasteiger partial charge on any atom is -0.370 e. The average Bonchev–Trinajstić information content (AvgIpc) is 3.30. The highest BCUT2D eigenvalue weighted by Crippen LogP contribution is 2.39. The Morgan fingerprint density at radius 3 is 1.90 bits per heavy atom. The quantitative estimate of drug-likeness (QED) is 0.122. The van der Waals surface area contributed by atoms with Crippen molar-refractivity contribution in [3.8, 4) is 0 Å². The van der Waals surface area contributed by atoms with E-state index in [4.69, 9.17) is 0 Å². The van der Waals surface area contributed by atoms with Gasteiger partial charge in [-0.3, -0.25) is 18.7 Å². The summed E-state index contributed by atoms with van der Waals surface area (Å²) in [7, 11) is -9.00. The number of aromatic nitrogens is 1. The molecule has 0 fully saturated rings. The Bertz CT molecular complexity index is 1380. The Hall–Kier alpha value is -3.03. The standard InChI is InChI=1S/C23H30N6O8P2S/c1-15(38(32,33)34)24-21(30)11-13-29(14-12-22(31)25-16(2)39(35,36)37)18-9-7-17(8-10-18)27-28-23-26-19-5-3-4-6-20(19)40-23/h3-10,15-16H,11-14H2,1-2H3,(H,24,30)(H,25,31)(H2,32,33,34)(H2,35,36,37)/b28-27+. The van der Waals surface area contributed by atoms with Gasteiger partial charge in [0.1, 0.15) is 11.6 Å². The van der Waals surface area contributed by atoms with Crippen molar-refractivity contribution < 1.29 is 38.3 Å². The molecule has 0 spiro atoms. The molecule has 3 rings (SSSR count). The predicted octanol–water partition coefficient (Wildman–Crippen LogP) is 3.58. The van der Waals surface area contributed by atoms with Crippen LogP contribution in [0.1, 0.15) is 26.7 Å². The lowest BCUT2D eigenvalue weighted by molar-refractivity contribution is -0.121. The van der Waals surface area contributed by atoms with Gasteiger partial charge in [-0.1, -0.05) is 23.5 Å². The number of amides is 2. The summed E-state index contributed by atoms with van der Waals surface area (Å²) >= 11 is 1.40. The molecule has 0 aliphatic carbocycles. The maximum Gasteiger partial charge on any atom is 0.347 e. The summed E-state index contributed by atoms with van der Waals surface area (Å²) in [5.41, 5.74) is 1.97.